The Kier molecular flexibility index (Phi) is 4.35. The van der Waals surface area contributed by atoms with Gasteiger partial charge in [-0.25, -0.2) is 4.79 Å². The number of nitrogens with zero attached hydrogens (tertiary/aromatic N) is 1. The minimum atomic E-state index is -0.662. The molecule has 2 N–H and O–H groups in total. The molecule has 1 aromatic carbocycles. The SMILES string of the molecule is CC(C)(C)OC(=O)n1[nH]c(=O)c2ccc(NCCC=O)cc21. The van der Waals surface area contributed by atoms with Crippen LogP contribution in [-0.4, -0.2) is 34.3 Å². The van der Waals surface area contributed by atoms with E-state index in [0.717, 1.165) is 11.0 Å². The summed E-state index contributed by atoms with van der Waals surface area (Å²) in [5.74, 6) is 0. The number of aromatic nitrogens is 2. The Morgan fingerprint density at radius 3 is 2.77 bits per heavy atom. The van der Waals surface area contributed by atoms with Crippen LogP contribution in [0.15, 0.2) is 23.0 Å². The van der Waals surface area contributed by atoms with E-state index in [4.69, 9.17) is 4.74 Å². The summed E-state index contributed by atoms with van der Waals surface area (Å²) >= 11 is 0. The highest BCUT2D eigenvalue weighted by Crippen LogP contribution is 2.18. The van der Waals surface area contributed by atoms with Crippen LogP contribution in [0, 0.1) is 0 Å². The average Bonchev–Trinajstić information content (AvgIpc) is 2.74. The fourth-order valence-electron chi connectivity index (χ4n) is 1.97. The van der Waals surface area contributed by atoms with Crippen molar-refractivity contribution in [3.63, 3.8) is 0 Å². The van der Waals surface area contributed by atoms with Crippen molar-refractivity contribution in [2.45, 2.75) is 32.8 Å². The Morgan fingerprint density at radius 1 is 1.41 bits per heavy atom. The summed E-state index contributed by atoms with van der Waals surface area (Å²) in [5, 5.41) is 5.92. The molecule has 7 heteroatoms. The van der Waals surface area contributed by atoms with E-state index in [9.17, 15) is 14.4 Å². The van der Waals surface area contributed by atoms with Crippen molar-refractivity contribution in [2.75, 3.05) is 11.9 Å². The maximum absolute atomic E-state index is 12.2. The largest absolute Gasteiger partial charge is 0.442 e. The molecule has 0 fully saturated rings. The lowest BCUT2D eigenvalue weighted by Crippen LogP contribution is -2.28. The molecule has 0 unspecified atom stereocenters. The summed E-state index contributed by atoms with van der Waals surface area (Å²) in [6, 6.07) is 5.02. The summed E-state index contributed by atoms with van der Waals surface area (Å²) in [4.78, 5) is 34.4. The Hall–Kier alpha value is -2.57. The van der Waals surface area contributed by atoms with Gasteiger partial charge in [-0.2, -0.15) is 4.68 Å². The molecule has 1 aromatic heterocycles. The summed E-state index contributed by atoms with van der Waals surface area (Å²) in [5.41, 5.74) is 0.117. The van der Waals surface area contributed by atoms with Crippen molar-refractivity contribution >= 4 is 29.0 Å². The van der Waals surface area contributed by atoms with E-state index in [1.165, 1.54) is 0 Å². The number of H-pyrrole nitrogens is 1. The van der Waals surface area contributed by atoms with Gasteiger partial charge in [0.2, 0.25) is 0 Å². The summed E-state index contributed by atoms with van der Waals surface area (Å²) < 4.78 is 6.36. The molecule has 2 rings (SSSR count). The number of hydrogen-bond acceptors (Lipinski definition) is 5. The Bertz CT molecular complexity index is 752. The van der Waals surface area contributed by atoms with Gasteiger partial charge in [-0.3, -0.25) is 9.89 Å². The second kappa shape index (κ2) is 6.05. The van der Waals surface area contributed by atoms with Gasteiger partial charge in [0.05, 0.1) is 10.9 Å². The quantitative estimate of drug-likeness (QED) is 0.666. The number of aromatic amines is 1. The van der Waals surface area contributed by atoms with E-state index in [1.54, 1.807) is 39.0 Å². The molecule has 0 aliphatic carbocycles. The zero-order valence-corrected chi connectivity index (χ0v) is 12.8. The smallest absolute Gasteiger partial charge is 0.434 e. The maximum Gasteiger partial charge on any atom is 0.434 e. The predicted octanol–water partition coefficient (Wildman–Crippen LogP) is 2.11. The predicted molar refractivity (Wildman–Crippen MR) is 83.4 cm³/mol. The lowest BCUT2D eigenvalue weighted by molar-refractivity contribution is -0.107. The van der Waals surface area contributed by atoms with E-state index in [2.05, 4.69) is 10.4 Å². The normalized spacial score (nSPS) is 11.4. The van der Waals surface area contributed by atoms with E-state index in [-0.39, 0.29) is 5.56 Å². The number of rotatable bonds is 4. The number of hydrogen-bond donors (Lipinski definition) is 2. The first-order valence-electron chi connectivity index (χ1n) is 6.97. The van der Waals surface area contributed by atoms with Gasteiger partial charge >= 0.3 is 6.09 Å². The van der Waals surface area contributed by atoms with Gasteiger partial charge in [0, 0.05) is 18.7 Å². The molecular formula is C15H19N3O4. The minimum absolute atomic E-state index is 0.361. The number of nitrogens with one attached hydrogen (secondary N) is 2. The van der Waals surface area contributed by atoms with Crippen molar-refractivity contribution in [1.82, 2.24) is 9.78 Å². The molecule has 0 aliphatic heterocycles. The Balaban J connectivity index is 2.37. The maximum atomic E-state index is 12.2. The molecule has 0 saturated carbocycles. The lowest BCUT2D eigenvalue weighted by Gasteiger charge is -2.19. The van der Waals surface area contributed by atoms with Crippen LogP contribution in [0.4, 0.5) is 10.5 Å². The molecule has 0 saturated heterocycles. The standard InChI is InChI=1S/C15H19N3O4/c1-15(2,3)22-14(21)18-12-9-10(16-7-4-8-19)5-6-11(12)13(20)17-18/h5-6,8-9,16H,4,7H2,1-3H3,(H,17,20). The van der Waals surface area contributed by atoms with Gasteiger partial charge in [-0.1, -0.05) is 0 Å². The topological polar surface area (TPSA) is 93.2 Å². The number of anilines is 1. The number of aldehydes is 1. The monoisotopic (exact) mass is 305 g/mol. The molecule has 2 aromatic rings. The molecule has 22 heavy (non-hydrogen) atoms. The molecule has 0 aliphatic rings. The zero-order valence-electron chi connectivity index (χ0n) is 12.8. The fourth-order valence-corrected chi connectivity index (χ4v) is 1.97. The Labute approximate surface area is 127 Å². The zero-order chi connectivity index (χ0) is 16.3. The van der Waals surface area contributed by atoms with Crippen LogP contribution in [0.5, 0.6) is 0 Å². The van der Waals surface area contributed by atoms with Gasteiger partial charge in [-0.15, -0.1) is 0 Å². The van der Waals surface area contributed by atoms with E-state index in [1.807, 2.05) is 0 Å². The third kappa shape index (κ3) is 3.55. The molecule has 0 amide bonds. The van der Waals surface area contributed by atoms with Gasteiger partial charge in [0.1, 0.15) is 11.9 Å². The molecule has 0 radical (unpaired) electrons. The second-order valence-corrected chi connectivity index (χ2v) is 5.87. The summed E-state index contributed by atoms with van der Waals surface area (Å²) in [6.45, 7) is 5.74. The number of fused-ring (bicyclic) bond motifs is 1. The highest BCUT2D eigenvalue weighted by atomic mass is 16.6. The van der Waals surface area contributed by atoms with E-state index < -0.39 is 11.7 Å². The van der Waals surface area contributed by atoms with Crippen molar-refractivity contribution in [3.8, 4) is 0 Å². The summed E-state index contributed by atoms with van der Waals surface area (Å²) in [7, 11) is 0. The first kappa shape index (κ1) is 15.8. The van der Waals surface area contributed by atoms with Crippen LogP contribution in [0.25, 0.3) is 10.9 Å². The molecule has 1 heterocycles. The van der Waals surface area contributed by atoms with Crippen LogP contribution >= 0.6 is 0 Å². The number of carbonyl (C=O) groups excluding carboxylic acids is 2. The number of ether oxygens (including phenoxy) is 1. The average molecular weight is 305 g/mol. The van der Waals surface area contributed by atoms with Crippen LogP contribution in [-0.2, 0) is 9.53 Å². The minimum Gasteiger partial charge on any atom is -0.442 e. The highest BCUT2D eigenvalue weighted by molar-refractivity contribution is 5.89. The lowest BCUT2D eigenvalue weighted by atomic mass is 10.2. The van der Waals surface area contributed by atoms with Crippen molar-refractivity contribution in [1.29, 1.82) is 0 Å². The van der Waals surface area contributed by atoms with Crippen LogP contribution < -0.4 is 10.9 Å². The van der Waals surface area contributed by atoms with Crippen molar-refractivity contribution in [3.05, 3.63) is 28.6 Å². The van der Waals surface area contributed by atoms with Crippen molar-refractivity contribution < 1.29 is 14.3 Å². The highest BCUT2D eigenvalue weighted by Gasteiger charge is 2.20. The van der Waals surface area contributed by atoms with Crippen LogP contribution in [0.3, 0.4) is 0 Å². The number of benzene rings is 1. The first-order valence-corrected chi connectivity index (χ1v) is 6.97. The molecule has 7 nitrogen and oxygen atoms in total. The van der Waals surface area contributed by atoms with Gasteiger partial charge in [0.25, 0.3) is 5.56 Å². The van der Waals surface area contributed by atoms with Crippen LogP contribution in [0.2, 0.25) is 0 Å². The third-order valence-electron chi connectivity index (χ3n) is 2.86. The van der Waals surface area contributed by atoms with Gasteiger partial charge in [0.15, 0.2) is 0 Å². The molecule has 0 atom stereocenters. The summed E-state index contributed by atoms with van der Waals surface area (Å²) in [6.07, 6.45) is 0.548. The van der Waals surface area contributed by atoms with Crippen molar-refractivity contribution in [2.24, 2.45) is 0 Å². The molecule has 0 bridgehead atoms. The first-order chi connectivity index (χ1) is 10.3. The van der Waals surface area contributed by atoms with Gasteiger partial charge in [-0.05, 0) is 39.0 Å². The third-order valence-corrected chi connectivity index (χ3v) is 2.86. The molecular weight excluding hydrogens is 286 g/mol. The molecule has 0 spiro atoms. The Morgan fingerprint density at radius 2 is 2.14 bits per heavy atom. The second-order valence-electron chi connectivity index (χ2n) is 5.87. The van der Waals surface area contributed by atoms with Crippen LogP contribution in [0.1, 0.15) is 27.2 Å². The molecule has 118 valence electrons. The fraction of sp³-hybridized carbons (Fsp3) is 0.400. The van der Waals surface area contributed by atoms with E-state index in [0.29, 0.717) is 29.6 Å². The van der Waals surface area contributed by atoms with E-state index >= 15 is 0 Å². The van der Waals surface area contributed by atoms with Gasteiger partial charge < -0.3 is 14.8 Å². The number of carbonyl (C=O) groups is 2.